The molecule has 2 atom stereocenters. The smallest absolute Gasteiger partial charge is 0.0724 e. The molecule has 0 saturated heterocycles. The van der Waals surface area contributed by atoms with Crippen molar-refractivity contribution in [3.8, 4) is 0 Å². The maximum atomic E-state index is 5.49. The molecule has 0 bridgehead atoms. The highest BCUT2D eigenvalue weighted by molar-refractivity contribution is 5.45. The first-order valence-electron chi connectivity index (χ1n) is 6.73. The van der Waals surface area contributed by atoms with Crippen LogP contribution in [0.2, 0.25) is 0 Å². The van der Waals surface area contributed by atoms with Crippen molar-refractivity contribution in [3.63, 3.8) is 0 Å². The van der Waals surface area contributed by atoms with Gasteiger partial charge < -0.3 is 15.0 Å². The van der Waals surface area contributed by atoms with Gasteiger partial charge in [0.2, 0.25) is 0 Å². The Kier molecular flexibility index (Phi) is 4.61. The Balaban J connectivity index is 1.86. The Morgan fingerprint density at radius 1 is 1.22 bits per heavy atom. The highest BCUT2D eigenvalue weighted by Crippen LogP contribution is 2.22. The summed E-state index contributed by atoms with van der Waals surface area (Å²) < 4.78 is 5.49. The number of nitrogens with zero attached hydrogens (tertiary/aromatic N) is 1. The normalized spacial score (nSPS) is 23.3. The van der Waals surface area contributed by atoms with E-state index in [9.17, 15) is 0 Å². The zero-order chi connectivity index (χ0) is 13.0. The molecule has 100 valence electrons. The number of anilines is 1. The highest BCUT2D eigenvalue weighted by Gasteiger charge is 2.26. The third-order valence-corrected chi connectivity index (χ3v) is 3.78. The molecule has 1 aliphatic carbocycles. The molecule has 0 aliphatic heterocycles. The molecule has 2 unspecified atom stereocenters. The van der Waals surface area contributed by atoms with Gasteiger partial charge in [-0.2, -0.15) is 0 Å². The Labute approximate surface area is 110 Å². The largest absolute Gasteiger partial charge is 0.380 e. The van der Waals surface area contributed by atoms with Crippen LogP contribution in [-0.4, -0.2) is 33.4 Å². The standard InChI is InChI=1S/C15H24N2O/c1-17(2)13-9-7-12(8-10-13)11-16-14-5-4-6-15(14)18-3/h7-10,14-16H,4-6,11H2,1-3H3. The minimum atomic E-state index is 0.394. The SMILES string of the molecule is COC1CCCC1NCc1ccc(N(C)C)cc1. The van der Waals surface area contributed by atoms with Gasteiger partial charge in [0, 0.05) is 39.5 Å². The minimum Gasteiger partial charge on any atom is -0.380 e. The zero-order valence-electron chi connectivity index (χ0n) is 11.6. The monoisotopic (exact) mass is 248 g/mol. The third-order valence-electron chi connectivity index (χ3n) is 3.78. The molecule has 0 amide bonds. The third kappa shape index (κ3) is 3.24. The van der Waals surface area contributed by atoms with Gasteiger partial charge in [0.15, 0.2) is 0 Å². The Morgan fingerprint density at radius 2 is 1.94 bits per heavy atom. The van der Waals surface area contributed by atoms with E-state index in [1.54, 1.807) is 0 Å². The van der Waals surface area contributed by atoms with Crippen LogP contribution >= 0.6 is 0 Å². The van der Waals surface area contributed by atoms with E-state index < -0.39 is 0 Å². The second kappa shape index (κ2) is 6.21. The van der Waals surface area contributed by atoms with Crippen molar-refractivity contribution in [1.82, 2.24) is 5.32 Å². The number of rotatable bonds is 5. The van der Waals surface area contributed by atoms with E-state index >= 15 is 0 Å². The predicted molar refractivity (Wildman–Crippen MR) is 76.0 cm³/mol. The van der Waals surface area contributed by atoms with Crippen molar-refractivity contribution in [2.75, 3.05) is 26.1 Å². The molecular formula is C15H24N2O. The fourth-order valence-corrected chi connectivity index (χ4v) is 2.60. The van der Waals surface area contributed by atoms with Crippen LogP contribution in [0.5, 0.6) is 0 Å². The van der Waals surface area contributed by atoms with Gasteiger partial charge in [0.1, 0.15) is 0 Å². The van der Waals surface area contributed by atoms with Gasteiger partial charge in [0.05, 0.1) is 6.10 Å². The van der Waals surface area contributed by atoms with Crippen molar-refractivity contribution >= 4 is 5.69 Å². The molecule has 0 spiro atoms. The molecule has 3 heteroatoms. The number of hydrogen-bond acceptors (Lipinski definition) is 3. The van der Waals surface area contributed by atoms with Crippen molar-refractivity contribution in [3.05, 3.63) is 29.8 Å². The van der Waals surface area contributed by atoms with Crippen LogP contribution in [0.4, 0.5) is 5.69 Å². The lowest BCUT2D eigenvalue weighted by Crippen LogP contribution is -2.36. The first-order chi connectivity index (χ1) is 8.70. The van der Waals surface area contributed by atoms with E-state index in [2.05, 4.69) is 48.6 Å². The average molecular weight is 248 g/mol. The van der Waals surface area contributed by atoms with E-state index in [4.69, 9.17) is 4.74 Å². The first-order valence-corrected chi connectivity index (χ1v) is 6.73. The molecule has 1 N–H and O–H groups in total. The maximum Gasteiger partial charge on any atom is 0.0724 e. The molecule has 0 radical (unpaired) electrons. The van der Waals surface area contributed by atoms with Crippen LogP contribution in [0, 0.1) is 0 Å². The molecule has 1 aliphatic rings. The summed E-state index contributed by atoms with van der Waals surface area (Å²) in [7, 11) is 5.94. The van der Waals surface area contributed by atoms with Gasteiger partial charge in [-0.3, -0.25) is 0 Å². The minimum absolute atomic E-state index is 0.394. The summed E-state index contributed by atoms with van der Waals surface area (Å²) in [5, 5.41) is 3.61. The quantitative estimate of drug-likeness (QED) is 0.866. The van der Waals surface area contributed by atoms with E-state index in [0.717, 1.165) is 6.54 Å². The molecule has 2 rings (SSSR count). The molecule has 0 aromatic heterocycles. The van der Waals surface area contributed by atoms with Gasteiger partial charge in [-0.15, -0.1) is 0 Å². The summed E-state index contributed by atoms with van der Waals surface area (Å²) in [6.45, 7) is 0.929. The Morgan fingerprint density at radius 3 is 2.56 bits per heavy atom. The molecule has 0 heterocycles. The molecule has 3 nitrogen and oxygen atoms in total. The zero-order valence-corrected chi connectivity index (χ0v) is 11.6. The van der Waals surface area contributed by atoms with Crippen LogP contribution in [0.25, 0.3) is 0 Å². The van der Waals surface area contributed by atoms with Crippen LogP contribution in [-0.2, 0) is 11.3 Å². The average Bonchev–Trinajstić information content (AvgIpc) is 2.84. The number of hydrogen-bond donors (Lipinski definition) is 1. The van der Waals surface area contributed by atoms with Crippen LogP contribution in [0.15, 0.2) is 24.3 Å². The van der Waals surface area contributed by atoms with E-state index in [0.29, 0.717) is 12.1 Å². The molecular weight excluding hydrogens is 224 g/mol. The summed E-state index contributed by atoms with van der Waals surface area (Å²) in [4.78, 5) is 2.12. The van der Waals surface area contributed by atoms with Gasteiger partial charge >= 0.3 is 0 Å². The second-order valence-corrected chi connectivity index (χ2v) is 5.25. The topological polar surface area (TPSA) is 24.5 Å². The molecule has 1 fully saturated rings. The predicted octanol–water partition coefficient (Wildman–Crippen LogP) is 2.41. The number of methoxy groups -OCH3 is 1. The van der Waals surface area contributed by atoms with Crippen molar-refractivity contribution in [1.29, 1.82) is 0 Å². The van der Waals surface area contributed by atoms with Gasteiger partial charge in [0.25, 0.3) is 0 Å². The van der Waals surface area contributed by atoms with Crippen LogP contribution in [0.3, 0.4) is 0 Å². The molecule has 1 aromatic carbocycles. The van der Waals surface area contributed by atoms with Gasteiger partial charge in [-0.25, -0.2) is 0 Å². The van der Waals surface area contributed by atoms with E-state index in [1.165, 1.54) is 30.5 Å². The maximum absolute atomic E-state index is 5.49. The van der Waals surface area contributed by atoms with Gasteiger partial charge in [-0.05, 0) is 37.0 Å². The van der Waals surface area contributed by atoms with Gasteiger partial charge in [-0.1, -0.05) is 12.1 Å². The summed E-state index contributed by atoms with van der Waals surface area (Å²) in [6, 6.07) is 9.24. The lowest BCUT2D eigenvalue weighted by atomic mass is 10.1. The lowest BCUT2D eigenvalue weighted by molar-refractivity contribution is 0.0847. The Bertz CT molecular complexity index is 361. The Hall–Kier alpha value is -1.06. The fourth-order valence-electron chi connectivity index (χ4n) is 2.60. The molecule has 1 aromatic rings. The van der Waals surface area contributed by atoms with Crippen molar-refractivity contribution in [2.45, 2.75) is 38.0 Å². The summed E-state index contributed by atoms with van der Waals surface area (Å²) in [5.74, 6) is 0. The van der Waals surface area contributed by atoms with Crippen molar-refractivity contribution < 1.29 is 4.74 Å². The summed E-state index contributed by atoms with van der Waals surface area (Å²) in [6.07, 6.45) is 4.09. The fraction of sp³-hybridized carbons (Fsp3) is 0.600. The van der Waals surface area contributed by atoms with Crippen LogP contribution < -0.4 is 10.2 Å². The van der Waals surface area contributed by atoms with E-state index in [-0.39, 0.29) is 0 Å². The highest BCUT2D eigenvalue weighted by atomic mass is 16.5. The lowest BCUT2D eigenvalue weighted by Gasteiger charge is -2.20. The van der Waals surface area contributed by atoms with Crippen LogP contribution in [0.1, 0.15) is 24.8 Å². The van der Waals surface area contributed by atoms with Crippen molar-refractivity contribution in [2.24, 2.45) is 0 Å². The molecule has 18 heavy (non-hydrogen) atoms. The first kappa shape index (κ1) is 13.4. The second-order valence-electron chi connectivity index (χ2n) is 5.25. The number of ether oxygens (including phenoxy) is 1. The summed E-state index contributed by atoms with van der Waals surface area (Å²) >= 11 is 0. The molecule has 1 saturated carbocycles. The number of nitrogens with one attached hydrogen (secondary N) is 1. The van der Waals surface area contributed by atoms with E-state index in [1.807, 2.05) is 7.11 Å². The summed E-state index contributed by atoms with van der Waals surface area (Å²) in [5.41, 5.74) is 2.58. The number of benzene rings is 1.